The van der Waals surface area contributed by atoms with Crippen molar-refractivity contribution in [3.05, 3.63) is 29.8 Å². The van der Waals surface area contributed by atoms with E-state index in [-0.39, 0.29) is 24.4 Å². The molecule has 0 unspecified atom stereocenters. The monoisotopic (exact) mass is 380 g/mol. The van der Waals surface area contributed by atoms with Gasteiger partial charge in [0.25, 0.3) is 0 Å². The molecule has 1 aliphatic carbocycles. The molecule has 26 heavy (non-hydrogen) atoms. The maximum absolute atomic E-state index is 12.3. The standard InChI is InChI=1S/C19H28N2O4S/c22-9-10-25-17-5-3-16(4-6-17)12-21-8-7-20(11-15-1-2-15)18-13-26(23,24)14-19(18)21/h3-6,15,18-19,22H,1-2,7-14H2/t18-,19+/m1/s1. The molecule has 0 radical (unpaired) electrons. The number of hydrogen-bond donors (Lipinski definition) is 1. The van der Waals surface area contributed by atoms with Gasteiger partial charge in [-0.05, 0) is 36.5 Å². The third-order valence-corrected chi connectivity index (χ3v) is 7.46. The first-order chi connectivity index (χ1) is 12.5. The number of sulfone groups is 1. The number of benzene rings is 1. The number of hydrogen-bond acceptors (Lipinski definition) is 6. The van der Waals surface area contributed by atoms with E-state index in [1.54, 1.807) is 0 Å². The maximum Gasteiger partial charge on any atom is 0.153 e. The van der Waals surface area contributed by atoms with E-state index in [2.05, 4.69) is 9.80 Å². The Bertz CT molecular complexity index is 718. The average Bonchev–Trinajstić information content (AvgIpc) is 3.37. The summed E-state index contributed by atoms with van der Waals surface area (Å²) in [4.78, 5) is 4.79. The Kier molecular flexibility index (Phi) is 5.23. The molecule has 3 aliphatic rings. The van der Waals surface area contributed by atoms with Crippen molar-refractivity contribution < 1.29 is 18.3 Å². The van der Waals surface area contributed by atoms with Crippen molar-refractivity contribution in [3.63, 3.8) is 0 Å². The number of fused-ring (bicyclic) bond motifs is 1. The van der Waals surface area contributed by atoms with Crippen LogP contribution in [0.1, 0.15) is 18.4 Å². The summed E-state index contributed by atoms with van der Waals surface area (Å²) >= 11 is 0. The maximum atomic E-state index is 12.3. The fourth-order valence-electron chi connectivity index (χ4n) is 4.24. The van der Waals surface area contributed by atoms with Crippen molar-refractivity contribution in [2.75, 3.05) is 44.4 Å². The third-order valence-electron chi connectivity index (χ3n) is 5.76. The zero-order valence-corrected chi connectivity index (χ0v) is 15.9. The molecule has 2 aliphatic heterocycles. The molecule has 0 aromatic heterocycles. The van der Waals surface area contributed by atoms with Gasteiger partial charge in [0.2, 0.25) is 0 Å². The number of aliphatic hydroxyl groups is 1. The lowest BCUT2D eigenvalue weighted by Gasteiger charge is -2.44. The first-order valence-corrected chi connectivity index (χ1v) is 11.4. The highest BCUT2D eigenvalue weighted by Gasteiger charge is 2.47. The second kappa shape index (κ2) is 7.46. The summed E-state index contributed by atoms with van der Waals surface area (Å²) in [7, 11) is -2.95. The highest BCUT2D eigenvalue weighted by molar-refractivity contribution is 7.91. The van der Waals surface area contributed by atoms with Crippen LogP contribution in [0.5, 0.6) is 5.75 Å². The van der Waals surface area contributed by atoms with Crippen molar-refractivity contribution in [2.45, 2.75) is 31.5 Å². The fourth-order valence-corrected chi connectivity index (χ4v) is 6.28. The number of rotatable bonds is 7. The molecule has 3 fully saturated rings. The van der Waals surface area contributed by atoms with Gasteiger partial charge in [-0.25, -0.2) is 8.42 Å². The minimum atomic E-state index is -2.95. The highest BCUT2D eigenvalue weighted by Crippen LogP contribution is 2.34. The Balaban J connectivity index is 1.43. The zero-order valence-electron chi connectivity index (χ0n) is 15.1. The van der Waals surface area contributed by atoms with E-state index in [9.17, 15) is 8.42 Å². The van der Waals surface area contributed by atoms with Crippen molar-refractivity contribution >= 4 is 9.84 Å². The van der Waals surface area contributed by atoms with Gasteiger partial charge in [-0.3, -0.25) is 9.80 Å². The van der Waals surface area contributed by atoms with Crippen LogP contribution in [0.15, 0.2) is 24.3 Å². The van der Waals surface area contributed by atoms with Gasteiger partial charge in [0.15, 0.2) is 9.84 Å². The molecular weight excluding hydrogens is 352 g/mol. The molecule has 4 rings (SSSR count). The van der Waals surface area contributed by atoms with Crippen LogP contribution in [0, 0.1) is 5.92 Å². The molecule has 144 valence electrons. The van der Waals surface area contributed by atoms with Gasteiger partial charge in [-0.15, -0.1) is 0 Å². The topological polar surface area (TPSA) is 70.1 Å². The molecule has 1 saturated carbocycles. The van der Waals surface area contributed by atoms with E-state index >= 15 is 0 Å². The lowest BCUT2D eigenvalue weighted by Crippen LogP contribution is -2.59. The Labute approximate surface area is 155 Å². The van der Waals surface area contributed by atoms with E-state index in [4.69, 9.17) is 9.84 Å². The van der Waals surface area contributed by atoms with Crippen LogP contribution in [-0.2, 0) is 16.4 Å². The third kappa shape index (κ3) is 4.22. The zero-order chi connectivity index (χ0) is 18.1. The van der Waals surface area contributed by atoms with Gasteiger partial charge in [-0.1, -0.05) is 12.1 Å². The molecule has 2 saturated heterocycles. The molecular formula is C19H28N2O4S. The summed E-state index contributed by atoms with van der Waals surface area (Å²) in [5.41, 5.74) is 1.17. The smallest absolute Gasteiger partial charge is 0.153 e. The van der Waals surface area contributed by atoms with Gasteiger partial charge < -0.3 is 9.84 Å². The Hall–Kier alpha value is -1.15. The van der Waals surface area contributed by atoms with Crippen LogP contribution in [0.25, 0.3) is 0 Å². The molecule has 0 bridgehead atoms. The molecule has 1 aromatic rings. The Morgan fingerprint density at radius 3 is 2.35 bits per heavy atom. The second-order valence-electron chi connectivity index (χ2n) is 7.84. The van der Waals surface area contributed by atoms with E-state index in [1.165, 1.54) is 18.4 Å². The summed E-state index contributed by atoms with van der Waals surface area (Å²) in [6.45, 7) is 4.03. The van der Waals surface area contributed by atoms with Crippen LogP contribution in [0.2, 0.25) is 0 Å². The summed E-state index contributed by atoms with van der Waals surface area (Å²) in [5.74, 6) is 2.14. The summed E-state index contributed by atoms with van der Waals surface area (Å²) in [5, 5.41) is 8.82. The fraction of sp³-hybridized carbons (Fsp3) is 0.684. The number of nitrogens with zero attached hydrogens (tertiary/aromatic N) is 2. The summed E-state index contributed by atoms with van der Waals surface area (Å²) in [6, 6.07) is 8.15. The first-order valence-electron chi connectivity index (χ1n) is 9.55. The van der Waals surface area contributed by atoms with Gasteiger partial charge in [-0.2, -0.15) is 0 Å². The molecule has 1 N–H and O–H groups in total. The quantitative estimate of drug-likeness (QED) is 0.753. The summed E-state index contributed by atoms with van der Waals surface area (Å²) < 4.78 is 30.0. The average molecular weight is 381 g/mol. The molecule has 0 spiro atoms. The summed E-state index contributed by atoms with van der Waals surface area (Å²) in [6.07, 6.45) is 2.60. The minimum Gasteiger partial charge on any atom is -0.491 e. The van der Waals surface area contributed by atoms with Crippen molar-refractivity contribution in [1.82, 2.24) is 9.80 Å². The Morgan fingerprint density at radius 1 is 1.04 bits per heavy atom. The molecule has 0 amide bonds. The van der Waals surface area contributed by atoms with Gasteiger partial charge >= 0.3 is 0 Å². The number of aliphatic hydroxyl groups excluding tert-OH is 1. The van der Waals surface area contributed by atoms with E-state index in [0.29, 0.717) is 12.4 Å². The van der Waals surface area contributed by atoms with E-state index in [1.807, 2.05) is 24.3 Å². The highest BCUT2D eigenvalue weighted by atomic mass is 32.2. The van der Waals surface area contributed by atoms with Crippen molar-refractivity contribution in [2.24, 2.45) is 5.92 Å². The SMILES string of the molecule is O=S1(=O)C[C@@H]2[C@H](C1)N(Cc1ccc(OCCO)cc1)CCN2CC1CC1. The van der Waals surface area contributed by atoms with E-state index in [0.717, 1.165) is 37.8 Å². The van der Waals surface area contributed by atoms with Crippen LogP contribution in [-0.4, -0.2) is 79.8 Å². The van der Waals surface area contributed by atoms with Crippen LogP contribution in [0.3, 0.4) is 0 Å². The predicted octanol–water partition coefficient (Wildman–Crippen LogP) is 0.751. The molecule has 2 atom stereocenters. The van der Waals surface area contributed by atoms with Crippen LogP contribution in [0.4, 0.5) is 0 Å². The normalized spacial score (nSPS) is 28.8. The lowest BCUT2D eigenvalue weighted by atomic mass is 10.0. The van der Waals surface area contributed by atoms with Gasteiger partial charge in [0, 0.05) is 38.3 Å². The van der Waals surface area contributed by atoms with Gasteiger partial charge in [0.1, 0.15) is 12.4 Å². The van der Waals surface area contributed by atoms with Crippen molar-refractivity contribution in [3.8, 4) is 5.75 Å². The largest absolute Gasteiger partial charge is 0.491 e. The Morgan fingerprint density at radius 2 is 1.69 bits per heavy atom. The van der Waals surface area contributed by atoms with Crippen LogP contribution >= 0.6 is 0 Å². The number of piperazine rings is 1. The number of ether oxygens (including phenoxy) is 1. The van der Waals surface area contributed by atoms with Crippen LogP contribution < -0.4 is 4.74 Å². The van der Waals surface area contributed by atoms with Crippen molar-refractivity contribution in [1.29, 1.82) is 0 Å². The van der Waals surface area contributed by atoms with E-state index < -0.39 is 9.84 Å². The molecule has 6 nitrogen and oxygen atoms in total. The molecule has 1 aromatic carbocycles. The van der Waals surface area contributed by atoms with Gasteiger partial charge in [0.05, 0.1) is 18.1 Å². The first kappa shape index (κ1) is 18.2. The lowest BCUT2D eigenvalue weighted by molar-refractivity contribution is 0.0376. The predicted molar refractivity (Wildman–Crippen MR) is 100.0 cm³/mol. The molecule has 2 heterocycles. The molecule has 7 heteroatoms. The minimum absolute atomic E-state index is 0.00439. The second-order valence-corrected chi connectivity index (χ2v) is 9.99.